The first-order valence-corrected chi connectivity index (χ1v) is 8.86. The summed E-state index contributed by atoms with van der Waals surface area (Å²) in [5.41, 5.74) is 0. The maximum Gasteiger partial charge on any atom is 0.222 e. The van der Waals surface area contributed by atoms with E-state index in [0.717, 1.165) is 39.1 Å². The summed E-state index contributed by atoms with van der Waals surface area (Å²) >= 11 is 0. The molecule has 3 heterocycles. The van der Waals surface area contributed by atoms with Crippen molar-refractivity contribution in [3.63, 3.8) is 0 Å². The molecule has 1 N–H and O–H groups in total. The van der Waals surface area contributed by atoms with Crippen LogP contribution in [0.2, 0.25) is 0 Å². The molecule has 128 valence electrons. The second-order valence-electron chi connectivity index (χ2n) is 7.19. The lowest BCUT2D eigenvalue weighted by Crippen LogP contribution is -2.44. The van der Waals surface area contributed by atoms with Gasteiger partial charge in [0.1, 0.15) is 0 Å². The standard InChI is InChI=1S/C17H30N2O2.ClH/c1-2-21-12-13-4-3-7-19(11-13)17(20)10-14-8-15-5-6-16(9-14)18-15;/h13-16,18H,2-12H2,1H3;1H. The van der Waals surface area contributed by atoms with Gasteiger partial charge in [-0.25, -0.2) is 0 Å². The molecule has 0 saturated carbocycles. The Balaban J connectivity index is 0.00000176. The maximum atomic E-state index is 12.6. The number of nitrogens with one attached hydrogen (secondary N) is 1. The number of halogens is 1. The molecule has 0 aromatic heterocycles. The maximum absolute atomic E-state index is 12.6. The van der Waals surface area contributed by atoms with Gasteiger partial charge in [0.05, 0.1) is 6.61 Å². The first-order chi connectivity index (χ1) is 10.2. The highest BCUT2D eigenvalue weighted by molar-refractivity contribution is 5.85. The number of rotatable bonds is 5. The van der Waals surface area contributed by atoms with E-state index in [9.17, 15) is 4.79 Å². The van der Waals surface area contributed by atoms with E-state index >= 15 is 0 Å². The molecule has 5 heteroatoms. The molecule has 3 fully saturated rings. The lowest BCUT2D eigenvalue weighted by atomic mass is 9.88. The minimum Gasteiger partial charge on any atom is -0.381 e. The van der Waals surface area contributed by atoms with Crippen LogP contribution in [0.4, 0.5) is 0 Å². The summed E-state index contributed by atoms with van der Waals surface area (Å²) in [6.45, 7) is 5.51. The summed E-state index contributed by atoms with van der Waals surface area (Å²) < 4.78 is 5.54. The van der Waals surface area contributed by atoms with Gasteiger partial charge in [0.25, 0.3) is 0 Å². The number of hydrogen-bond donors (Lipinski definition) is 1. The molecular weight excluding hydrogens is 300 g/mol. The number of piperidine rings is 2. The van der Waals surface area contributed by atoms with Crippen molar-refractivity contribution < 1.29 is 9.53 Å². The van der Waals surface area contributed by atoms with E-state index < -0.39 is 0 Å². The molecule has 22 heavy (non-hydrogen) atoms. The highest BCUT2D eigenvalue weighted by Crippen LogP contribution is 2.33. The minimum atomic E-state index is 0. The van der Waals surface area contributed by atoms with Gasteiger partial charge in [0.2, 0.25) is 5.91 Å². The smallest absolute Gasteiger partial charge is 0.222 e. The first kappa shape index (κ1) is 18.0. The van der Waals surface area contributed by atoms with Crippen LogP contribution in [-0.4, -0.2) is 49.2 Å². The molecule has 3 aliphatic heterocycles. The Labute approximate surface area is 140 Å². The third-order valence-corrected chi connectivity index (χ3v) is 5.46. The van der Waals surface area contributed by atoms with Crippen LogP contribution in [0.1, 0.15) is 51.9 Å². The zero-order valence-electron chi connectivity index (χ0n) is 13.8. The predicted octanol–water partition coefficient (Wildman–Crippen LogP) is 2.60. The van der Waals surface area contributed by atoms with Crippen molar-refractivity contribution in [3.05, 3.63) is 0 Å². The largest absolute Gasteiger partial charge is 0.381 e. The summed E-state index contributed by atoms with van der Waals surface area (Å²) in [4.78, 5) is 14.7. The molecule has 0 aromatic rings. The van der Waals surface area contributed by atoms with Crippen LogP contribution in [0.15, 0.2) is 0 Å². The van der Waals surface area contributed by atoms with Crippen molar-refractivity contribution in [1.29, 1.82) is 0 Å². The molecule has 3 saturated heterocycles. The lowest BCUT2D eigenvalue weighted by Gasteiger charge is -2.35. The van der Waals surface area contributed by atoms with Crippen LogP contribution < -0.4 is 5.32 Å². The molecule has 0 spiro atoms. The molecule has 2 bridgehead atoms. The van der Waals surface area contributed by atoms with E-state index in [-0.39, 0.29) is 12.4 Å². The predicted molar refractivity (Wildman–Crippen MR) is 90.3 cm³/mol. The Morgan fingerprint density at radius 3 is 2.59 bits per heavy atom. The Morgan fingerprint density at radius 2 is 1.91 bits per heavy atom. The SMILES string of the molecule is CCOCC1CCCN(C(=O)CC2CC3CCC(C2)N3)C1.Cl. The van der Waals surface area contributed by atoms with Gasteiger partial charge in [-0.15, -0.1) is 12.4 Å². The molecular formula is C17H31ClN2O2. The Hall–Kier alpha value is -0.320. The van der Waals surface area contributed by atoms with Crippen LogP contribution >= 0.6 is 12.4 Å². The fourth-order valence-corrected chi connectivity index (χ4v) is 4.43. The van der Waals surface area contributed by atoms with Crippen molar-refractivity contribution in [2.75, 3.05) is 26.3 Å². The number of amides is 1. The van der Waals surface area contributed by atoms with Gasteiger partial charge in [-0.05, 0) is 57.3 Å². The number of nitrogens with zero attached hydrogens (tertiary/aromatic N) is 1. The van der Waals surface area contributed by atoms with Crippen molar-refractivity contribution in [2.45, 2.75) is 64.0 Å². The number of fused-ring (bicyclic) bond motifs is 2. The van der Waals surface area contributed by atoms with Crippen molar-refractivity contribution >= 4 is 18.3 Å². The number of carbonyl (C=O) groups is 1. The van der Waals surface area contributed by atoms with Gasteiger partial charge in [0.15, 0.2) is 0 Å². The van der Waals surface area contributed by atoms with E-state index in [2.05, 4.69) is 10.2 Å². The fraction of sp³-hybridized carbons (Fsp3) is 0.941. The van der Waals surface area contributed by atoms with Crippen LogP contribution in [0.25, 0.3) is 0 Å². The van der Waals surface area contributed by atoms with Gasteiger partial charge in [-0.3, -0.25) is 4.79 Å². The molecule has 1 amide bonds. The zero-order valence-corrected chi connectivity index (χ0v) is 14.6. The highest BCUT2D eigenvalue weighted by atomic mass is 35.5. The zero-order chi connectivity index (χ0) is 14.7. The van der Waals surface area contributed by atoms with E-state index in [1.54, 1.807) is 0 Å². The average Bonchev–Trinajstić information content (AvgIpc) is 2.84. The van der Waals surface area contributed by atoms with Gasteiger partial charge in [0, 0.05) is 38.2 Å². The van der Waals surface area contributed by atoms with Gasteiger partial charge >= 0.3 is 0 Å². The third kappa shape index (κ3) is 4.59. The molecule has 3 rings (SSSR count). The monoisotopic (exact) mass is 330 g/mol. The van der Waals surface area contributed by atoms with Crippen molar-refractivity contribution in [1.82, 2.24) is 10.2 Å². The van der Waals surface area contributed by atoms with Crippen LogP contribution in [-0.2, 0) is 9.53 Å². The number of carbonyl (C=O) groups excluding carboxylic acids is 1. The molecule has 4 nitrogen and oxygen atoms in total. The molecule has 3 aliphatic rings. The van der Waals surface area contributed by atoms with Crippen LogP contribution in [0.5, 0.6) is 0 Å². The molecule has 0 aromatic carbocycles. The summed E-state index contributed by atoms with van der Waals surface area (Å²) in [6, 6.07) is 1.38. The fourth-order valence-electron chi connectivity index (χ4n) is 4.43. The number of hydrogen-bond acceptors (Lipinski definition) is 3. The van der Waals surface area contributed by atoms with Gasteiger partial charge in [-0.1, -0.05) is 0 Å². The molecule has 0 radical (unpaired) electrons. The van der Waals surface area contributed by atoms with E-state index in [0.29, 0.717) is 29.8 Å². The van der Waals surface area contributed by atoms with Crippen LogP contribution in [0, 0.1) is 11.8 Å². The normalized spacial score (nSPS) is 34.3. The Morgan fingerprint density at radius 1 is 1.18 bits per heavy atom. The summed E-state index contributed by atoms with van der Waals surface area (Å²) in [7, 11) is 0. The molecule has 0 aliphatic carbocycles. The highest BCUT2D eigenvalue weighted by Gasteiger charge is 2.35. The van der Waals surface area contributed by atoms with Gasteiger partial charge in [-0.2, -0.15) is 0 Å². The lowest BCUT2D eigenvalue weighted by molar-refractivity contribution is -0.134. The minimum absolute atomic E-state index is 0. The Kier molecular flexibility index (Phi) is 6.97. The second kappa shape index (κ2) is 8.51. The topological polar surface area (TPSA) is 41.6 Å². The summed E-state index contributed by atoms with van der Waals surface area (Å²) in [5, 5.41) is 3.66. The van der Waals surface area contributed by atoms with Crippen molar-refractivity contribution in [3.8, 4) is 0 Å². The first-order valence-electron chi connectivity index (χ1n) is 8.86. The second-order valence-corrected chi connectivity index (χ2v) is 7.19. The van der Waals surface area contributed by atoms with E-state index in [4.69, 9.17) is 4.74 Å². The van der Waals surface area contributed by atoms with Gasteiger partial charge < -0.3 is 15.0 Å². The van der Waals surface area contributed by atoms with E-state index in [1.807, 2.05) is 6.92 Å². The van der Waals surface area contributed by atoms with E-state index in [1.165, 1.54) is 32.1 Å². The third-order valence-electron chi connectivity index (χ3n) is 5.46. The number of likely N-dealkylation sites (tertiary alicyclic amines) is 1. The molecule has 3 unspecified atom stereocenters. The van der Waals surface area contributed by atoms with Crippen LogP contribution in [0.3, 0.4) is 0 Å². The quantitative estimate of drug-likeness (QED) is 0.842. The average molecular weight is 331 g/mol. The van der Waals surface area contributed by atoms with Crippen molar-refractivity contribution in [2.24, 2.45) is 11.8 Å². The Bertz CT molecular complexity index is 355. The summed E-state index contributed by atoms with van der Waals surface area (Å²) in [5.74, 6) is 1.55. The summed E-state index contributed by atoms with van der Waals surface area (Å²) in [6.07, 6.45) is 8.17. The molecule has 3 atom stereocenters. The number of ether oxygens (including phenoxy) is 1.